The van der Waals surface area contributed by atoms with E-state index in [9.17, 15) is 0 Å². The minimum atomic E-state index is -6.17. The largest absolute Gasteiger partial charge is 6.00 e. The summed E-state index contributed by atoms with van der Waals surface area (Å²) in [6.07, 6.45) is 0. The summed E-state index contributed by atoms with van der Waals surface area (Å²) in [5, 5.41) is 103. The van der Waals surface area contributed by atoms with E-state index in [2.05, 4.69) is 0 Å². The first-order valence-electron chi connectivity index (χ1n) is 4.80. The maximum atomic E-state index is 8.58. The molecule has 0 N–H and O–H groups in total. The third-order valence-corrected chi connectivity index (χ3v) is 9.78. The zero-order valence-corrected chi connectivity index (χ0v) is 17.6. The van der Waals surface area contributed by atoms with E-state index in [0.29, 0.717) is 0 Å². The van der Waals surface area contributed by atoms with Crippen LogP contribution in [0.25, 0.3) is 0 Å². The second-order valence-electron chi connectivity index (χ2n) is 3.60. The van der Waals surface area contributed by atoms with Gasteiger partial charge in [-0.05, 0) is 0 Å². The Labute approximate surface area is 164 Å². The van der Waals surface area contributed by atoms with Crippen molar-refractivity contribution in [3.63, 3.8) is 0 Å². The topological polar surface area (TPSA) is 285 Å². The quantitative estimate of drug-likeness (QED) is 0.333. The fraction of sp³-hybridized carbons (Fsp3) is 0. The van der Waals surface area contributed by atoms with Gasteiger partial charge in [0.05, 0.1) is 0 Å². The number of hydrogen-bond acceptors (Lipinski definition) is 12. The van der Waals surface area contributed by atoms with Crippen molar-refractivity contribution >= 4 is 0 Å². The van der Waals surface area contributed by atoms with E-state index in [4.69, 9.17) is 63.1 Å². The van der Waals surface area contributed by atoms with Crippen molar-refractivity contribution in [1.82, 2.24) is 0 Å². The Morgan fingerprint density at radius 3 is 0.333 bits per heavy atom. The predicted molar refractivity (Wildman–Crippen MR) is 67.4 cm³/mol. The van der Waals surface area contributed by atoms with Crippen LogP contribution in [0.4, 0.5) is 0 Å². The molecule has 27 heavy (non-hydrogen) atoms. The van der Waals surface area contributed by atoms with Crippen LogP contribution in [0.1, 0.15) is 0 Å². The molecular formula is C12Fe2N12W. The van der Waals surface area contributed by atoms with Gasteiger partial charge in [0.2, 0.25) is 0 Å². The van der Waals surface area contributed by atoms with Crippen molar-refractivity contribution in [2.24, 2.45) is 0 Å². The molecule has 0 aromatic rings. The van der Waals surface area contributed by atoms with E-state index in [1.807, 2.05) is 0 Å². The second-order valence-corrected chi connectivity index (χ2v) is 14.8. The summed E-state index contributed by atoms with van der Waals surface area (Å²) in [7, 11) is -12.3. The van der Waals surface area contributed by atoms with Gasteiger partial charge in [-0.15, -0.1) is 0 Å². The summed E-state index contributed by atoms with van der Waals surface area (Å²) in [6.45, 7) is 0. The van der Waals surface area contributed by atoms with Gasteiger partial charge in [0.25, 0.3) is 0 Å². The fourth-order valence-corrected chi connectivity index (χ4v) is 2.19. The number of hydrogen-bond donors (Lipinski definition) is 0. The van der Waals surface area contributed by atoms with Gasteiger partial charge in [-0.3, -0.25) is 0 Å². The smallest absolute Gasteiger partial charge is 6.00 e. The molecule has 0 heterocycles. The van der Waals surface area contributed by atoms with Crippen molar-refractivity contribution in [3.8, 4) is 59.6 Å². The maximum Gasteiger partial charge on any atom is 6.00 e. The van der Waals surface area contributed by atoms with Crippen molar-refractivity contribution < 1.29 is 42.5 Å². The van der Waals surface area contributed by atoms with Gasteiger partial charge in [0, 0.05) is 0 Å². The van der Waals surface area contributed by atoms with Gasteiger partial charge in [-0.2, -0.15) is 0 Å². The van der Waals surface area contributed by atoms with Crippen LogP contribution in [0, 0.1) is 123 Å². The van der Waals surface area contributed by atoms with Gasteiger partial charge >= 0.3 is 165 Å². The Morgan fingerprint density at radius 1 is 0.259 bits per heavy atom. The molecule has 0 fully saturated rings. The number of rotatable bonds is 0. The first kappa shape index (κ1) is 27.5. The summed E-state index contributed by atoms with van der Waals surface area (Å²) >= 11 is 0. The van der Waals surface area contributed by atoms with E-state index < -0.39 is 21.5 Å². The van der Waals surface area contributed by atoms with Crippen molar-refractivity contribution in [3.05, 3.63) is 0 Å². The monoisotopic (exact) mass is 608 g/mol. The molecule has 0 aromatic heterocycles. The molecule has 0 saturated heterocycles. The first-order chi connectivity index (χ1) is 11.9. The van der Waals surface area contributed by atoms with E-state index in [1.165, 1.54) is 0 Å². The Hall–Kier alpha value is -4.39. The Morgan fingerprint density at radius 2 is 0.333 bits per heavy atom. The average molecular weight is 608 g/mol. The van der Waals surface area contributed by atoms with E-state index in [0.717, 1.165) is 59.6 Å². The molecule has 130 valence electrons. The molecular weight excluding hydrogens is 608 g/mol. The molecule has 12 nitrogen and oxygen atoms in total. The van der Waals surface area contributed by atoms with Crippen LogP contribution in [0.3, 0.4) is 0 Å². The molecule has 0 amide bonds. The molecule has 0 aliphatic heterocycles. The number of nitrogens with zero attached hydrogens (tertiary/aromatic N) is 12. The molecule has 0 aliphatic carbocycles. The second kappa shape index (κ2) is 6.49. The van der Waals surface area contributed by atoms with Crippen molar-refractivity contribution in [1.29, 1.82) is 63.1 Å². The molecule has 0 aliphatic rings. The van der Waals surface area contributed by atoms with Crippen molar-refractivity contribution in [2.75, 3.05) is 0 Å². The van der Waals surface area contributed by atoms with Gasteiger partial charge in [0.15, 0.2) is 0 Å². The molecule has 15 heteroatoms. The fourth-order valence-electron chi connectivity index (χ4n) is 0.530. The molecule has 0 spiro atoms. The van der Waals surface area contributed by atoms with Crippen LogP contribution in [0.15, 0.2) is 0 Å². The molecule has 0 unspecified atom stereocenters. The van der Waals surface area contributed by atoms with Crippen LogP contribution in [0.2, 0.25) is 0 Å². The summed E-state index contributed by atoms with van der Waals surface area (Å²) < 4.78 is 0. The zero-order chi connectivity index (χ0) is 21.3. The van der Waals surface area contributed by atoms with Crippen LogP contribution >= 0.6 is 0 Å². The average Bonchev–Trinajstić information content (AvgIpc) is 2.77. The van der Waals surface area contributed by atoms with Gasteiger partial charge < -0.3 is 0 Å². The molecule has 0 radical (unpaired) electrons. The third-order valence-electron chi connectivity index (χ3n) is 2.37. The minimum absolute atomic E-state index is 0. The Bertz CT molecular complexity index is 882. The summed E-state index contributed by atoms with van der Waals surface area (Å²) in [5.74, 6) is 0. The van der Waals surface area contributed by atoms with Crippen LogP contribution in [-0.4, -0.2) is 0 Å². The van der Waals surface area contributed by atoms with Crippen LogP contribution < -0.4 is 0 Å². The standard InChI is InChI=1S/12CN.2Fe.W/c12*1-2;;;/q;;;;;;;;;;;;2*-3;+6. The number of nitriles is 12. The third kappa shape index (κ3) is 2.69. The Balaban J connectivity index is -0.000000411. The molecule has 0 atom stereocenters. The van der Waals surface area contributed by atoms with Crippen molar-refractivity contribution in [2.45, 2.75) is 0 Å². The minimum Gasteiger partial charge on any atom is 6.00 e. The summed E-state index contributed by atoms with van der Waals surface area (Å²) in [5.41, 5.74) is 0. The van der Waals surface area contributed by atoms with E-state index in [-0.39, 0.29) is 21.1 Å². The zero-order valence-electron chi connectivity index (χ0n) is 12.5. The van der Waals surface area contributed by atoms with Gasteiger partial charge in [0.1, 0.15) is 0 Å². The van der Waals surface area contributed by atoms with Gasteiger partial charge in [-0.25, -0.2) is 0 Å². The predicted octanol–water partition coefficient (Wildman–Crippen LogP) is 0.194. The van der Waals surface area contributed by atoms with Crippen LogP contribution in [0.5, 0.6) is 0 Å². The SMILES string of the molecule is N#[C][Fe-3]([C]#N)([C]#N)([C]#N)([C]#N)[C]#N.N#[C][Fe-3]([C]#N)([C]#N)([C]#N)([C]#N)[C]#N.[W+6]. The summed E-state index contributed by atoms with van der Waals surface area (Å²) in [4.78, 5) is 12.4. The van der Waals surface area contributed by atoms with Gasteiger partial charge in [-0.1, -0.05) is 0 Å². The first-order valence-corrected chi connectivity index (χ1v) is 11.4. The molecule has 0 aromatic carbocycles. The Kier molecular flexibility index (Phi) is 6.60. The molecule has 0 saturated carbocycles. The normalized spacial score (nSPS) is 12.9. The van der Waals surface area contributed by atoms with Crippen LogP contribution in [-0.2, 0) is 42.5 Å². The summed E-state index contributed by atoms with van der Waals surface area (Å²) in [6, 6.07) is 0. The van der Waals surface area contributed by atoms with E-state index in [1.54, 1.807) is 0 Å². The maximum absolute atomic E-state index is 8.58. The molecule has 0 bridgehead atoms. The van der Waals surface area contributed by atoms with E-state index >= 15 is 0 Å². The molecule has 0 rings (SSSR count).